The summed E-state index contributed by atoms with van der Waals surface area (Å²) in [5, 5.41) is 14.2. The molecule has 0 saturated carbocycles. The molecular weight excluding hydrogens is 300 g/mol. The molecule has 1 atom stereocenters. The van der Waals surface area contributed by atoms with Crippen LogP contribution in [0.25, 0.3) is 11.4 Å². The van der Waals surface area contributed by atoms with Gasteiger partial charge in [0.15, 0.2) is 5.82 Å². The van der Waals surface area contributed by atoms with Gasteiger partial charge < -0.3 is 5.32 Å². The number of hydrogen-bond donors (Lipinski definition) is 1. The first-order valence-electron chi connectivity index (χ1n) is 6.85. The maximum absolute atomic E-state index is 10.9. The topological polar surface area (TPSA) is 81.0 Å². The highest BCUT2D eigenvalue weighted by atomic mass is 32.2. The van der Waals surface area contributed by atoms with E-state index in [1.54, 1.807) is 23.9 Å². The number of aromatic nitrogens is 2. The average Bonchev–Trinajstić information content (AvgIpc) is 2.47. The predicted octanol–water partition coefficient (Wildman–Crippen LogP) is 3.52. The standard InChI is InChI=1S/C15H18N4O2S/c1-10-7-14(16-11(2)9-22-3)18-15(17-10)12-5-4-6-13(8-12)19(20)21/h4-8,11H,9H2,1-3H3,(H,16,17,18). The van der Waals surface area contributed by atoms with Gasteiger partial charge in [-0.15, -0.1) is 0 Å². The van der Waals surface area contributed by atoms with Gasteiger partial charge in [0, 0.05) is 41.3 Å². The van der Waals surface area contributed by atoms with Gasteiger partial charge >= 0.3 is 0 Å². The zero-order valence-electron chi connectivity index (χ0n) is 12.7. The van der Waals surface area contributed by atoms with Crippen LogP contribution >= 0.6 is 11.8 Å². The van der Waals surface area contributed by atoms with Crippen LogP contribution in [-0.2, 0) is 0 Å². The molecule has 22 heavy (non-hydrogen) atoms. The predicted molar refractivity (Wildman–Crippen MR) is 90.3 cm³/mol. The number of nitro groups is 1. The number of anilines is 1. The van der Waals surface area contributed by atoms with Crippen LogP contribution in [0, 0.1) is 17.0 Å². The quantitative estimate of drug-likeness (QED) is 0.648. The highest BCUT2D eigenvalue weighted by Crippen LogP contribution is 2.22. The van der Waals surface area contributed by atoms with Gasteiger partial charge in [0.2, 0.25) is 0 Å². The summed E-state index contributed by atoms with van der Waals surface area (Å²) in [6, 6.07) is 8.52. The maximum Gasteiger partial charge on any atom is 0.270 e. The Hall–Kier alpha value is -2.15. The molecule has 1 aromatic heterocycles. The third kappa shape index (κ3) is 4.17. The normalized spacial score (nSPS) is 12.0. The molecule has 0 saturated heterocycles. The van der Waals surface area contributed by atoms with Crippen molar-refractivity contribution in [2.24, 2.45) is 0 Å². The minimum atomic E-state index is -0.418. The van der Waals surface area contributed by atoms with Crippen molar-refractivity contribution in [1.29, 1.82) is 0 Å². The first-order chi connectivity index (χ1) is 10.5. The second-order valence-corrected chi connectivity index (χ2v) is 5.94. The molecule has 0 amide bonds. The van der Waals surface area contributed by atoms with Crippen LogP contribution in [0.5, 0.6) is 0 Å². The van der Waals surface area contributed by atoms with Crippen LogP contribution in [0.3, 0.4) is 0 Å². The molecule has 1 unspecified atom stereocenters. The van der Waals surface area contributed by atoms with E-state index in [4.69, 9.17) is 0 Å². The summed E-state index contributed by atoms with van der Waals surface area (Å²) in [4.78, 5) is 19.3. The van der Waals surface area contributed by atoms with Crippen molar-refractivity contribution in [3.8, 4) is 11.4 Å². The van der Waals surface area contributed by atoms with Gasteiger partial charge in [0.25, 0.3) is 5.69 Å². The van der Waals surface area contributed by atoms with Crippen molar-refractivity contribution in [2.75, 3.05) is 17.3 Å². The molecule has 1 N–H and O–H groups in total. The van der Waals surface area contributed by atoms with Crippen LogP contribution in [0.1, 0.15) is 12.6 Å². The summed E-state index contributed by atoms with van der Waals surface area (Å²) < 4.78 is 0. The van der Waals surface area contributed by atoms with Gasteiger partial charge in [-0.2, -0.15) is 11.8 Å². The largest absolute Gasteiger partial charge is 0.367 e. The fourth-order valence-electron chi connectivity index (χ4n) is 2.07. The van der Waals surface area contributed by atoms with E-state index in [1.165, 1.54) is 12.1 Å². The number of nitrogens with zero attached hydrogens (tertiary/aromatic N) is 3. The second-order valence-electron chi connectivity index (χ2n) is 5.03. The van der Waals surface area contributed by atoms with E-state index in [9.17, 15) is 10.1 Å². The van der Waals surface area contributed by atoms with Crippen molar-refractivity contribution >= 4 is 23.3 Å². The Morgan fingerprint density at radius 3 is 2.82 bits per heavy atom. The highest BCUT2D eigenvalue weighted by molar-refractivity contribution is 7.98. The van der Waals surface area contributed by atoms with E-state index in [0.717, 1.165) is 17.3 Å². The van der Waals surface area contributed by atoms with Gasteiger partial charge in [0.05, 0.1) is 4.92 Å². The van der Waals surface area contributed by atoms with Gasteiger partial charge in [-0.25, -0.2) is 9.97 Å². The zero-order chi connectivity index (χ0) is 16.1. The smallest absolute Gasteiger partial charge is 0.270 e. The maximum atomic E-state index is 10.9. The lowest BCUT2D eigenvalue weighted by molar-refractivity contribution is -0.384. The molecule has 0 spiro atoms. The van der Waals surface area contributed by atoms with Crippen LogP contribution in [-0.4, -0.2) is 32.9 Å². The summed E-state index contributed by atoms with van der Waals surface area (Å²) in [5.41, 5.74) is 1.49. The molecule has 116 valence electrons. The van der Waals surface area contributed by atoms with Crippen molar-refractivity contribution in [2.45, 2.75) is 19.9 Å². The third-order valence-corrected chi connectivity index (χ3v) is 3.81. The number of nitro benzene ring substituents is 1. The fourth-order valence-corrected chi connectivity index (χ4v) is 2.66. The van der Waals surface area contributed by atoms with Crippen molar-refractivity contribution in [3.63, 3.8) is 0 Å². The SMILES string of the molecule is CSCC(C)Nc1cc(C)nc(-c2cccc([N+](=O)[O-])c2)n1. The van der Waals surface area contributed by atoms with E-state index >= 15 is 0 Å². The number of rotatable bonds is 6. The molecule has 2 rings (SSSR count). The minimum Gasteiger partial charge on any atom is -0.367 e. The lowest BCUT2D eigenvalue weighted by Gasteiger charge is -2.14. The third-order valence-electron chi connectivity index (χ3n) is 2.98. The minimum absolute atomic E-state index is 0.0351. The molecule has 1 aromatic carbocycles. The molecule has 0 radical (unpaired) electrons. The first kappa shape index (κ1) is 16.2. The fraction of sp³-hybridized carbons (Fsp3) is 0.333. The van der Waals surface area contributed by atoms with Gasteiger partial charge in [-0.1, -0.05) is 12.1 Å². The second kappa shape index (κ2) is 7.22. The summed E-state index contributed by atoms with van der Waals surface area (Å²) in [5.74, 6) is 2.19. The van der Waals surface area contributed by atoms with Crippen LogP contribution in [0.4, 0.5) is 11.5 Å². The number of non-ortho nitro benzene ring substituents is 1. The number of aryl methyl sites for hydroxylation is 1. The lowest BCUT2D eigenvalue weighted by Crippen LogP contribution is -2.19. The van der Waals surface area contributed by atoms with Crippen LogP contribution < -0.4 is 5.32 Å². The van der Waals surface area contributed by atoms with E-state index < -0.39 is 4.92 Å². The molecule has 0 bridgehead atoms. The van der Waals surface area contributed by atoms with E-state index in [1.807, 2.05) is 13.0 Å². The number of hydrogen-bond acceptors (Lipinski definition) is 6. The molecule has 0 aliphatic heterocycles. The molecule has 7 heteroatoms. The lowest BCUT2D eigenvalue weighted by atomic mass is 10.2. The van der Waals surface area contributed by atoms with E-state index in [0.29, 0.717) is 11.4 Å². The molecule has 0 fully saturated rings. The summed E-state index contributed by atoms with van der Waals surface area (Å²) in [6.07, 6.45) is 2.05. The highest BCUT2D eigenvalue weighted by Gasteiger charge is 2.11. The Balaban J connectivity index is 2.33. The Morgan fingerprint density at radius 2 is 2.14 bits per heavy atom. The Labute approximate surface area is 133 Å². The monoisotopic (exact) mass is 318 g/mol. The van der Waals surface area contributed by atoms with Gasteiger partial charge in [-0.05, 0) is 20.1 Å². The Bertz CT molecular complexity index is 678. The van der Waals surface area contributed by atoms with Crippen molar-refractivity contribution in [1.82, 2.24) is 9.97 Å². The number of thioether (sulfide) groups is 1. The molecule has 6 nitrogen and oxygen atoms in total. The van der Waals surface area contributed by atoms with Gasteiger partial charge in [-0.3, -0.25) is 10.1 Å². The Morgan fingerprint density at radius 1 is 1.36 bits per heavy atom. The van der Waals surface area contributed by atoms with E-state index in [2.05, 4.69) is 28.5 Å². The summed E-state index contributed by atoms with van der Waals surface area (Å²) >= 11 is 1.76. The van der Waals surface area contributed by atoms with Crippen molar-refractivity contribution in [3.05, 3.63) is 46.1 Å². The molecule has 0 aliphatic rings. The molecule has 2 aromatic rings. The number of nitrogens with one attached hydrogen (secondary N) is 1. The average molecular weight is 318 g/mol. The molecule has 1 heterocycles. The zero-order valence-corrected chi connectivity index (χ0v) is 13.6. The Kier molecular flexibility index (Phi) is 5.32. The van der Waals surface area contributed by atoms with Gasteiger partial charge in [0.1, 0.15) is 5.82 Å². The van der Waals surface area contributed by atoms with E-state index in [-0.39, 0.29) is 11.7 Å². The first-order valence-corrected chi connectivity index (χ1v) is 8.25. The molecular formula is C15H18N4O2S. The number of benzene rings is 1. The van der Waals surface area contributed by atoms with Crippen LogP contribution in [0.15, 0.2) is 30.3 Å². The molecule has 0 aliphatic carbocycles. The summed E-state index contributed by atoms with van der Waals surface area (Å²) in [6.45, 7) is 3.97. The van der Waals surface area contributed by atoms with Crippen LogP contribution in [0.2, 0.25) is 0 Å². The van der Waals surface area contributed by atoms with Crippen molar-refractivity contribution < 1.29 is 4.92 Å². The summed E-state index contributed by atoms with van der Waals surface area (Å²) in [7, 11) is 0.